The number of amides is 1. The Hall–Kier alpha value is -3.15. The Kier molecular flexibility index (Phi) is 5.66. The molecule has 1 aromatic heterocycles. The quantitative estimate of drug-likeness (QED) is 0.701. The molecule has 144 valence electrons. The third-order valence-electron chi connectivity index (χ3n) is 4.98. The molecule has 0 radical (unpaired) electrons. The van der Waals surface area contributed by atoms with E-state index in [2.05, 4.69) is 32.5 Å². The molecule has 2 heterocycles. The second-order valence-corrected chi connectivity index (χ2v) is 7.04. The van der Waals surface area contributed by atoms with Gasteiger partial charge >= 0.3 is 11.8 Å². The summed E-state index contributed by atoms with van der Waals surface area (Å²) in [5.41, 5.74) is 3.11. The summed E-state index contributed by atoms with van der Waals surface area (Å²) in [7, 11) is 0. The van der Waals surface area contributed by atoms with Crippen molar-refractivity contribution in [2.75, 3.05) is 23.3 Å². The predicted molar refractivity (Wildman–Crippen MR) is 109 cm³/mol. The van der Waals surface area contributed by atoms with Gasteiger partial charge in [-0.25, -0.2) is 0 Å². The molecule has 1 aliphatic heterocycles. The lowest BCUT2D eigenvalue weighted by atomic mass is 10.1. The van der Waals surface area contributed by atoms with E-state index < -0.39 is 0 Å². The topological polar surface area (TPSA) is 71.3 Å². The number of hydrogen-bond donors (Lipinski definition) is 1. The van der Waals surface area contributed by atoms with E-state index in [0.717, 1.165) is 25.2 Å². The number of carbonyl (C=O) groups is 1. The van der Waals surface area contributed by atoms with Crippen LogP contribution < -0.4 is 10.2 Å². The molecule has 0 spiro atoms. The van der Waals surface area contributed by atoms with Crippen molar-refractivity contribution >= 4 is 17.3 Å². The number of nitrogens with zero attached hydrogens (tertiary/aromatic N) is 3. The van der Waals surface area contributed by atoms with Gasteiger partial charge in [-0.1, -0.05) is 30.3 Å². The lowest BCUT2D eigenvalue weighted by molar-refractivity contribution is 0.0988. The summed E-state index contributed by atoms with van der Waals surface area (Å²) in [4.78, 5) is 14.8. The Morgan fingerprint density at radius 2 is 1.68 bits per heavy atom. The minimum atomic E-state index is -0.385. The molecule has 6 heteroatoms. The fourth-order valence-corrected chi connectivity index (χ4v) is 3.43. The SMILES string of the molecule is O=C(Nc1ccc(N2CCCCC2)cc1)c1nnc(CCc2ccccc2)o1. The van der Waals surface area contributed by atoms with Crippen LogP contribution in [0.5, 0.6) is 0 Å². The van der Waals surface area contributed by atoms with Gasteiger partial charge in [0.15, 0.2) is 0 Å². The minimum Gasteiger partial charge on any atom is -0.417 e. The third kappa shape index (κ3) is 4.57. The number of aromatic nitrogens is 2. The van der Waals surface area contributed by atoms with Crippen LogP contribution in [0.15, 0.2) is 59.0 Å². The zero-order chi connectivity index (χ0) is 19.2. The van der Waals surface area contributed by atoms with Crippen molar-refractivity contribution in [3.05, 3.63) is 71.9 Å². The molecule has 1 amide bonds. The normalized spacial score (nSPS) is 14.1. The molecular weight excluding hydrogens is 352 g/mol. The first-order valence-corrected chi connectivity index (χ1v) is 9.80. The third-order valence-corrected chi connectivity index (χ3v) is 4.98. The number of aryl methyl sites for hydroxylation is 2. The van der Waals surface area contributed by atoms with E-state index in [0.29, 0.717) is 12.3 Å². The van der Waals surface area contributed by atoms with Crippen LogP contribution in [0.25, 0.3) is 0 Å². The highest BCUT2D eigenvalue weighted by molar-refractivity contribution is 6.00. The summed E-state index contributed by atoms with van der Waals surface area (Å²) < 4.78 is 5.52. The van der Waals surface area contributed by atoms with Crippen molar-refractivity contribution in [2.45, 2.75) is 32.1 Å². The number of anilines is 2. The van der Waals surface area contributed by atoms with Gasteiger partial charge < -0.3 is 14.6 Å². The van der Waals surface area contributed by atoms with Crippen LogP contribution in [-0.2, 0) is 12.8 Å². The molecule has 6 nitrogen and oxygen atoms in total. The Bertz CT molecular complexity index is 900. The smallest absolute Gasteiger partial charge is 0.313 e. The van der Waals surface area contributed by atoms with Gasteiger partial charge in [-0.05, 0) is 55.5 Å². The molecule has 3 aromatic rings. The Morgan fingerprint density at radius 3 is 2.43 bits per heavy atom. The maximum Gasteiger partial charge on any atom is 0.313 e. The fourth-order valence-electron chi connectivity index (χ4n) is 3.43. The predicted octanol–water partition coefficient (Wildman–Crippen LogP) is 4.10. The summed E-state index contributed by atoms with van der Waals surface area (Å²) in [6.07, 6.45) is 5.18. The first-order valence-electron chi connectivity index (χ1n) is 9.80. The second-order valence-electron chi connectivity index (χ2n) is 7.04. The lowest BCUT2D eigenvalue weighted by Gasteiger charge is -2.28. The molecular formula is C22H24N4O2. The molecule has 0 atom stereocenters. The summed E-state index contributed by atoms with van der Waals surface area (Å²) >= 11 is 0. The molecule has 4 rings (SSSR count). The molecule has 0 unspecified atom stereocenters. The number of rotatable bonds is 6. The van der Waals surface area contributed by atoms with Crippen LogP contribution in [0.4, 0.5) is 11.4 Å². The van der Waals surface area contributed by atoms with Crippen molar-refractivity contribution < 1.29 is 9.21 Å². The Morgan fingerprint density at radius 1 is 0.929 bits per heavy atom. The molecule has 2 aromatic carbocycles. The average Bonchev–Trinajstić information content (AvgIpc) is 3.24. The first-order chi connectivity index (χ1) is 13.8. The molecule has 1 N–H and O–H groups in total. The maximum atomic E-state index is 12.4. The molecule has 0 saturated carbocycles. The van der Waals surface area contributed by atoms with Crippen LogP contribution in [0, 0.1) is 0 Å². The fraction of sp³-hybridized carbons (Fsp3) is 0.318. The second kappa shape index (κ2) is 8.69. The van der Waals surface area contributed by atoms with Crippen LogP contribution in [0.2, 0.25) is 0 Å². The van der Waals surface area contributed by atoms with Crippen LogP contribution in [0.1, 0.15) is 41.4 Å². The van der Waals surface area contributed by atoms with Crippen molar-refractivity contribution in [2.24, 2.45) is 0 Å². The summed E-state index contributed by atoms with van der Waals surface area (Å²) in [5, 5.41) is 10.7. The first kappa shape index (κ1) is 18.2. The van der Waals surface area contributed by atoms with Crippen LogP contribution in [-0.4, -0.2) is 29.2 Å². The number of carbonyl (C=O) groups excluding carboxylic acids is 1. The molecule has 1 saturated heterocycles. The number of benzene rings is 2. The average molecular weight is 376 g/mol. The van der Waals surface area contributed by atoms with Crippen LogP contribution in [0.3, 0.4) is 0 Å². The molecule has 28 heavy (non-hydrogen) atoms. The van der Waals surface area contributed by atoms with E-state index in [-0.39, 0.29) is 11.8 Å². The highest BCUT2D eigenvalue weighted by atomic mass is 16.4. The zero-order valence-electron chi connectivity index (χ0n) is 15.8. The number of nitrogens with one attached hydrogen (secondary N) is 1. The maximum absolute atomic E-state index is 12.4. The van der Waals surface area contributed by atoms with E-state index in [1.54, 1.807) is 0 Å². The molecule has 1 aliphatic rings. The summed E-state index contributed by atoms with van der Waals surface area (Å²) in [5.74, 6) is 0.0711. The number of hydrogen-bond acceptors (Lipinski definition) is 5. The highest BCUT2D eigenvalue weighted by Crippen LogP contribution is 2.22. The molecule has 1 fully saturated rings. The summed E-state index contributed by atoms with van der Waals surface area (Å²) in [6, 6.07) is 18.0. The minimum absolute atomic E-state index is 0.0110. The van der Waals surface area contributed by atoms with Crippen molar-refractivity contribution in [1.29, 1.82) is 0 Å². The van der Waals surface area contributed by atoms with E-state index in [1.165, 1.54) is 30.5 Å². The van der Waals surface area contributed by atoms with Crippen molar-refractivity contribution in [3.8, 4) is 0 Å². The van der Waals surface area contributed by atoms with E-state index >= 15 is 0 Å². The summed E-state index contributed by atoms with van der Waals surface area (Å²) in [6.45, 7) is 2.19. The largest absolute Gasteiger partial charge is 0.417 e. The Balaban J connectivity index is 1.32. The van der Waals surface area contributed by atoms with Crippen molar-refractivity contribution in [3.63, 3.8) is 0 Å². The highest BCUT2D eigenvalue weighted by Gasteiger charge is 2.16. The molecule has 0 aliphatic carbocycles. The van der Waals surface area contributed by atoms with Gasteiger partial charge in [-0.15, -0.1) is 10.2 Å². The van der Waals surface area contributed by atoms with E-state index in [1.807, 2.05) is 42.5 Å². The lowest BCUT2D eigenvalue weighted by Crippen LogP contribution is -2.29. The van der Waals surface area contributed by atoms with Gasteiger partial charge in [-0.3, -0.25) is 4.79 Å². The standard InChI is InChI=1S/C22H24N4O2/c27-21(22-25-24-20(28-22)14-9-17-7-3-1-4-8-17)23-18-10-12-19(13-11-18)26-15-5-2-6-16-26/h1,3-4,7-8,10-13H,2,5-6,9,14-16H2,(H,23,27). The monoisotopic (exact) mass is 376 g/mol. The van der Waals surface area contributed by atoms with Crippen molar-refractivity contribution in [1.82, 2.24) is 10.2 Å². The van der Waals surface area contributed by atoms with Gasteiger partial charge in [0.2, 0.25) is 5.89 Å². The molecule has 0 bridgehead atoms. The van der Waals surface area contributed by atoms with Gasteiger partial charge in [0.25, 0.3) is 0 Å². The number of piperidine rings is 1. The van der Waals surface area contributed by atoms with Gasteiger partial charge in [0.05, 0.1) is 0 Å². The Labute approximate surface area is 164 Å². The van der Waals surface area contributed by atoms with E-state index in [9.17, 15) is 4.79 Å². The van der Waals surface area contributed by atoms with Gasteiger partial charge in [0, 0.05) is 30.9 Å². The van der Waals surface area contributed by atoms with Crippen LogP contribution >= 0.6 is 0 Å². The zero-order valence-corrected chi connectivity index (χ0v) is 15.8. The van der Waals surface area contributed by atoms with Gasteiger partial charge in [-0.2, -0.15) is 0 Å². The van der Waals surface area contributed by atoms with E-state index in [4.69, 9.17) is 4.42 Å². The van der Waals surface area contributed by atoms with Gasteiger partial charge in [0.1, 0.15) is 0 Å².